The summed E-state index contributed by atoms with van der Waals surface area (Å²) in [6.07, 6.45) is -0.515. The number of carboxylic acid groups (broad SMARTS) is 1. The molecule has 0 spiro atoms. The number of hydrogen-bond acceptors (Lipinski definition) is 4. The van der Waals surface area contributed by atoms with Gasteiger partial charge in [0.2, 0.25) is 0 Å². The van der Waals surface area contributed by atoms with Crippen LogP contribution in [0.15, 0.2) is 0 Å². The number of carboxylic acids is 1. The molecule has 2 unspecified atom stereocenters. The molecule has 0 aliphatic rings. The summed E-state index contributed by atoms with van der Waals surface area (Å²) >= 11 is 0. The zero-order valence-corrected chi connectivity index (χ0v) is 7.59. The Hall–Kier alpha value is -0.460. The van der Waals surface area contributed by atoms with Crippen LogP contribution in [-0.4, -0.2) is 37.9 Å². The summed E-state index contributed by atoms with van der Waals surface area (Å²) in [5.41, 5.74) is 5.04. The minimum absolute atomic E-state index is 0.179. The first-order valence-corrected chi connectivity index (χ1v) is 5.15. The van der Waals surface area contributed by atoms with Gasteiger partial charge in [-0.15, -0.1) is 0 Å². The molecule has 0 rings (SSSR count). The van der Waals surface area contributed by atoms with Crippen LogP contribution >= 0.6 is 7.60 Å². The molecule has 78 valence electrons. The van der Waals surface area contributed by atoms with Crippen molar-refractivity contribution in [2.24, 2.45) is 5.73 Å². The average Bonchev–Trinajstić information content (AvgIpc) is 1.97. The number of hydrogen-bond donors (Lipinski definition) is 5. The van der Waals surface area contributed by atoms with E-state index in [9.17, 15) is 9.36 Å². The highest BCUT2D eigenvalue weighted by molar-refractivity contribution is 7.52. The third-order valence-corrected chi connectivity index (χ3v) is 2.48. The summed E-state index contributed by atoms with van der Waals surface area (Å²) in [6.45, 7) is 0. The molecule has 0 saturated carbocycles. The molecule has 0 amide bonds. The molecule has 6 N–H and O–H groups in total. The molecule has 0 aliphatic heterocycles. The normalized spacial score (nSPS) is 16.6. The van der Waals surface area contributed by atoms with Crippen molar-refractivity contribution in [1.82, 2.24) is 0 Å². The van der Waals surface area contributed by atoms with E-state index in [2.05, 4.69) is 0 Å². The minimum atomic E-state index is -4.54. The van der Waals surface area contributed by atoms with Crippen molar-refractivity contribution in [3.05, 3.63) is 0 Å². The topological polar surface area (TPSA) is 141 Å². The van der Waals surface area contributed by atoms with E-state index in [-0.39, 0.29) is 12.8 Å². The van der Waals surface area contributed by atoms with Crippen molar-refractivity contribution in [3.63, 3.8) is 0 Å². The fourth-order valence-corrected chi connectivity index (χ4v) is 1.11. The number of rotatable bonds is 5. The Balaban J connectivity index is 3.91. The zero-order chi connectivity index (χ0) is 10.6. The molecule has 8 heteroatoms. The van der Waals surface area contributed by atoms with Crippen LogP contribution in [0.3, 0.4) is 0 Å². The maximum absolute atomic E-state index is 10.4. The Kier molecular flexibility index (Phi) is 4.52. The van der Waals surface area contributed by atoms with Crippen LogP contribution < -0.4 is 5.73 Å². The van der Waals surface area contributed by atoms with E-state index in [1.165, 1.54) is 0 Å². The van der Waals surface area contributed by atoms with Gasteiger partial charge in [0.1, 0.15) is 6.04 Å². The number of aliphatic hydroxyl groups is 1. The van der Waals surface area contributed by atoms with Crippen LogP contribution in [0.5, 0.6) is 0 Å². The van der Waals surface area contributed by atoms with Gasteiger partial charge in [-0.25, -0.2) is 0 Å². The minimum Gasteiger partial charge on any atom is -0.480 e. The van der Waals surface area contributed by atoms with Crippen LogP contribution in [0.25, 0.3) is 0 Å². The van der Waals surface area contributed by atoms with E-state index < -0.39 is 25.5 Å². The Labute approximate surface area is 74.3 Å². The standard InChI is InChI=1S/C5H12NO6P/c6-3(5(8)9)1-2-4(7)13(10,11)12/h3-4,7H,1-2,6H2,(H,8,9)(H2,10,11,12). The summed E-state index contributed by atoms with van der Waals surface area (Å²) in [5, 5.41) is 17.1. The van der Waals surface area contributed by atoms with Gasteiger partial charge in [-0.1, -0.05) is 0 Å². The van der Waals surface area contributed by atoms with Gasteiger partial charge >= 0.3 is 13.6 Å². The second-order valence-electron chi connectivity index (χ2n) is 2.59. The number of carbonyl (C=O) groups is 1. The molecule has 0 aliphatic carbocycles. The third kappa shape index (κ3) is 4.97. The van der Waals surface area contributed by atoms with Crippen LogP contribution in [0.4, 0.5) is 0 Å². The van der Waals surface area contributed by atoms with Crippen molar-refractivity contribution in [1.29, 1.82) is 0 Å². The van der Waals surface area contributed by atoms with Crippen LogP contribution in [0.1, 0.15) is 12.8 Å². The maximum atomic E-state index is 10.4. The predicted molar refractivity (Wildman–Crippen MR) is 42.9 cm³/mol. The molecule has 0 aromatic heterocycles. The van der Waals surface area contributed by atoms with Crippen LogP contribution in [0.2, 0.25) is 0 Å². The number of nitrogens with two attached hydrogens (primary N) is 1. The van der Waals surface area contributed by atoms with Crippen molar-refractivity contribution in [2.45, 2.75) is 24.7 Å². The molecule has 0 aromatic rings. The lowest BCUT2D eigenvalue weighted by atomic mass is 10.2. The van der Waals surface area contributed by atoms with Crippen molar-refractivity contribution < 1.29 is 29.4 Å². The first-order valence-electron chi connectivity index (χ1n) is 3.47. The van der Waals surface area contributed by atoms with Crippen LogP contribution in [-0.2, 0) is 9.36 Å². The number of aliphatic carboxylic acids is 1. The summed E-state index contributed by atoms with van der Waals surface area (Å²) in [6, 6.07) is -1.21. The van der Waals surface area contributed by atoms with Gasteiger partial charge in [0.05, 0.1) is 0 Å². The quantitative estimate of drug-likeness (QED) is 0.356. The fourth-order valence-electron chi connectivity index (χ4n) is 0.620. The van der Waals surface area contributed by atoms with Gasteiger partial charge < -0.3 is 25.7 Å². The second kappa shape index (κ2) is 4.69. The predicted octanol–water partition coefficient (Wildman–Crippen LogP) is -1.33. The van der Waals surface area contributed by atoms with Crippen molar-refractivity contribution >= 4 is 13.6 Å². The molecule has 0 radical (unpaired) electrons. The van der Waals surface area contributed by atoms with E-state index in [4.69, 9.17) is 25.7 Å². The highest BCUT2D eigenvalue weighted by Crippen LogP contribution is 2.41. The molecule has 7 nitrogen and oxygen atoms in total. The van der Waals surface area contributed by atoms with Crippen molar-refractivity contribution in [3.8, 4) is 0 Å². The lowest BCUT2D eigenvalue weighted by molar-refractivity contribution is -0.138. The first kappa shape index (κ1) is 12.5. The molecule has 0 fully saturated rings. The summed E-state index contributed by atoms with van der Waals surface area (Å²) < 4.78 is 10.4. The highest BCUT2D eigenvalue weighted by atomic mass is 31.2. The average molecular weight is 213 g/mol. The van der Waals surface area contributed by atoms with E-state index in [0.29, 0.717) is 0 Å². The first-order chi connectivity index (χ1) is 5.75. The van der Waals surface area contributed by atoms with Gasteiger partial charge in [-0.2, -0.15) is 0 Å². The monoisotopic (exact) mass is 213 g/mol. The number of aliphatic hydroxyl groups excluding tert-OH is 1. The highest BCUT2D eigenvalue weighted by Gasteiger charge is 2.27. The fraction of sp³-hybridized carbons (Fsp3) is 0.800. The van der Waals surface area contributed by atoms with E-state index in [1.54, 1.807) is 0 Å². The van der Waals surface area contributed by atoms with Crippen molar-refractivity contribution in [2.75, 3.05) is 0 Å². The Morgan fingerprint density at radius 1 is 1.38 bits per heavy atom. The Morgan fingerprint density at radius 2 is 1.85 bits per heavy atom. The SMILES string of the molecule is NC(CCC(O)P(=O)(O)O)C(=O)O. The van der Waals surface area contributed by atoms with Gasteiger partial charge in [0.25, 0.3) is 0 Å². The molecule has 2 atom stereocenters. The smallest absolute Gasteiger partial charge is 0.353 e. The van der Waals surface area contributed by atoms with Gasteiger partial charge in [-0.05, 0) is 12.8 Å². The third-order valence-electron chi connectivity index (χ3n) is 1.44. The maximum Gasteiger partial charge on any atom is 0.353 e. The molecule has 0 saturated heterocycles. The Morgan fingerprint density at radius 3 is 2.15 bits per heavy atom. The molecule has 13 heavy (non-hydrogen) atoms. The molecule has 0 aromatic carbocycles. The van der Waals surface area contributed by atoms with Gasteiger partial charge in [0.15, 0.2) is 5.85 Å². The molecular formula is C5H12NO6P. The van der Waals surface area contributed by atoms with Crippen LogP contribution in [0, 0.1) is 0 Å². The summed E-state index contributed by atoms with van der Waals surface area (Å²) in [7, 11) is -4.54. The zero-order valence-electron chi connectivity index (χ0n) is 6.70. The van der Waals surface area contributed by atoms with E-state index in [0.717, 1.165) is 0 Å². The van der Waals surface area contributed by atoms with E-state index in [1.807, 2.05) is 0 Å². The Bertz CT molecular complexity index is 225. The largest absolute Gasteiger partial charge is 0.480 e. The summed E-state index contributed by atoms with van der Waals surface area (Å²) in [4.78, 5) is 27.0. The lowest BCUT2D eigenvalue weighted by Gasteiger charge is -2.13. The second-order valence-corrected chi connectivity index (χ2v) is 4.37. The van der Waals surface area contributed by atoms with Gasteiger partial charge in [0, 0.05) is 0 Å². The van der Waals surface area contributed by atoms with Gasteiger partial charge in [-0.3, -0.25) is 9.36 Å². The lowest BCUT2D eigenvalue weighted by Crippen LogP contribution is -2.31. The van der Waals surface area contributed by atoms with E-state index >= 15 is 0 Å². The molecule has 0 heterocycles. The molecular weight excluding hydrogens is 201 g/mol. The summed E-state index contributed by atoms with van der Waals surface area (Å²) in [5.74, 6) is -3.10. The molecule has 0 bridgehead atoms.